The van der Waals surface area contributed by atoms with Crippen molar-refractivity contribution in [2.45, 2.75) is 19.8 Å². The Morgan fingerprint density at radius 1 is 1.05 bits per heavy atom. The van der Waals surface area contributed by atoms with Gasteiger partial charge >= 0.3 is 0 Å². The highest BCUT2D eigenvalue weighted by Crippen LogP contribution is 2.26. The Bertz CT molecular complexity index is 764. The molecule has 1 aromatic carbocycles. The van der Waals surface area contributed by atoms with Crippen molar-refractivity contribution >= 4 is 38.7 Å². The van der Waals surface area contributed by atoms with Crippen LogP contribution in [0.5, 0.6) is 0 Å². The zero-order valence-electron chi connectivity index (χ0n) is 12.3. The minimum Gasteiger partial charge on any atom is -0.373 e. The number of hydrogen-bond acceptors (Lipinski definition) is 5. The molecule has 0 aliphatic carbocycles. The van der Waals surface area contributed by atoms with Gasteiger partial charge in [0.05, 0.1) is 0 Å². The quantitative estimate of drug-likeness (QED) is 0.739. The highest BCUT2D eigenvalue weighted by atomic mass is 32.1. The molecule has 0 aliphatic rings. The highest BCUT2D eigenvalue weighted by molar-refractivity contribution is 7.17. The molecule has 0 saturated heterocycles. The predicted octanol–water partition coefficient (Wildman–Crippen LogP) is 4.60. The van der Waals surface area contributed by atoms with Crippen molar-refractivity contribution in [2.75, 3.05) is 17.7 Å². The second-order valence-electron chi connectivity index (χ2n) is 5.20. The number of benzene rings is 1. The van der Waals surface area contributed by atoms with Gasteiger partial charge in [-0.2, -0.15) is 0 Å². The van der Waals surface area contributed by atoms with E-state index in [1.165, 1.54) is 10.1 Å². The van der Waals surface area contributed by atoms with E-state index in [0.717, 1.165) is 23.1 Å². The number of fused-ring (bicyclic) bond motifs is 1. The second kappa shape index (κ2) is 5.69. The minimum atomic E-state index is 0.290. The Morgan fingerprint density at radius 3 is 2.62 bits per heavy atom. The fourth-order valence-electron chi connectivity index (χ4n) is 2.11. The van der Waals surface area contributed by atoms with Crippen LogP contribution in [-0.4, -0.2) is 17.0 Å². The fourth-order valence-corrected chi connectivity index (χ4v) is 2.88. The lowest BCUT2D eigenvalue weighted by Gasteiger charge is -2.11. The standard InChI is InChI=1S/C16H18N4S/c1-10(2)16-19-14(17-3)9-15(20-16)18-12-4-5-13-11(8-12)6-7-21-13/h4-10H,1-3H3,(H2,17,18,19,20). The Hall–Kier alpha value is -2.14. The van der Waals surface area contributed by atoms with Crippen LogP contribution in [0.1, 0.15) is 25.6 Å². The highest BCUT2D eigenvalue weighted by Gasteiger charge is 2.08. The summed E-state index contributed by atoms with van der Waals surface area (Å²) >= 11 is 1.75. The first-order chi connectivity index (χ1) is 10.2. The summed E-state index contributed by atoms with van der Waals surface area (Å²) in [6.07, 6.45) is 0. The molecule has 0 spiro atoms. The van der Waals surface area contributed by atoms with Gasteiger partial charge in [0.1, 0.15) is 17.5 Å². The smallest absolute Gasteiger partial charge is 0.136 e. The number of nitrogens with one attached hydrogen (secondary N) is 2. The van der Waals surface area contributed by atoms with Gasteiger partial charge < -0.3 is 10.6 Å². The van der Waals surface area contributed by atoms with Crippen molar-refractivity contribution < 1.29 is 0 Å². The van der Waals surface area contributed by atoms with Crippen LogP contribution >= 0.6 is 11.3 Å². The molecule has 2 N–H and O–H groups in total. The van der Waals surface area contributed by atoms with Gasteiger partial charge in [-0.15, -0.1) is 11.3 Å². The van der Waals surface area contributed by atoms with E-state index in [0.29, 0.717) is 5.92 Å². The number of aromatic nitrogens is 2. The molecule has 21 heavy (non-hydrogen) atoms. The summed E-state index contributed by atoms with van der Waals surface area (Å²) < 4.78 is 1.29. The fraction of sp³-hybridized carbons (Fsp3) is 0.250. The Labute approximate surface area is 128 Å². The first-order valence-electron chi connectivity index (χ1n) is 6.97. The van der Waals surface area contributed by atoms with Crippen LogP contribution < -0.4 is 10.6 Å². The van der Waals surface area contributed by atoms with E-state index in [1.54, 1.807) is 11.3 Å². The van der Waals surface area contributed by atoms with Gasteiger partial charge in [0.15, 0.2) is 0 Å². The number of rotatable bonds is 4. The molecule has 108 valence electrons. The first-order valence-corrected chi connectivity index (χ1v) is 7.84. The molecule has 2 heterocycles. The van der Waals surface area contributed by atoms with Gasteiger partial charge in [-0.25, -0.2) is 9.97 Å². The van der Waals surface area contributed by atoms with Crippen molar-refractivity contribution in [3.63, 3.8) is 0 Å². The number of thiophene rings is 1. The third-order valence-electron chi connectivity index (χ3n) is 3.24. The largest absolute Gasteiger partial charge is 0.373 e. The number of nitrogens with zero attached hydrogens (tertiary/aromatic N) is 2. The normalized spacial score (nSPS) is 11.0. The first kappa shape index (κ1) is 13.8. The average molecular weight is 298 g/mol. The molecule has 0 amide bonds. The van der Waals surface area contributed by atoms with Crippen molar-refractivity contribution in [1.29, 1.82) is 0 Å². The van der Waals surface area contributed by atoms with E-state index in [2.05, 4.69) is 64.1 Å². The minimum absolute atomic E-state index is 0.290. The van der Waals surface area contributed by atoms with Gasteiger partial charge in [-0.3, -0.25) is 0 Å². The predicted molar refractivity (Wildman–Crippen MR) is 90.8 cm³/mol. The summed E-state index contributed by atoms with van der Waals surface area (Å²) in [6.45, 7) is 4.19. The van der Waals surface area contributed by atoms with Gasteiger partial charge in [0, 0.05) is 29.4 Å². The Balaban J connectivity index is 1.94. The van der Waals surface area contributed by atoms with Crippen molar-refractivity contribution in [3.05, 3.63) is 41.5 Å². The van der Waals surface area contributed by atoms with Crippen molar-refractivity contribution in [3.8, 4) is 0 Å². The molecule has 0 atom stereocenters. The van der Waals surface area contributed by atoms with Gasteiger partial charge in [0.2, 0.25) is 0 Å². The molecule has 4 nitrogen and oxygen atoms in total. The summed E-state index contributed by atoms with van der Waals surface area (Å²) in [5, 5.41) is 9.81. The summed E-state index contributed by atoms with van der Waals surface area (Å²) in [6, 6.07) is 10.4. The maximum absolute atomic E-state index is 4.58. The molecule has 0 unspecified atom stereocenters. The van der Waals surface area contributed by atoms with Gasteiger partial charge in [-0.1, -0.05) is 13.8 Å². The average Bonchev–Trinajstić information content (AvgIpc) is 2.94. The molecule has 0 fully saturated rings. The molecule has 0 bridgehead atoms. The van der Waals surface area contributed by atoms with Crippen LogP contribution in [0, 0.1) is 0 Å². The van der Waals surface area contributed by atoms with E-state index >= 15 is 0 Å². The van der Waals surface area contributed by atoms with E-state index in [4.69, 9.17) is 0 Å². The van der Waals surface area contributed by atoms with E-state index < -0.39 is 0 Å². The Kier molecular flexibility index (Phi) is 3.75. The molecule has 3 aromatic rings. The lowest BCUT2D eigenvalue weighted by Crippen LogP contribution is -2.05. The Morgan fingerprint density at radius 2 is 1.86 bits per heavy atom. The molecule has 0 aliphatic heterocycles. The van der Waals surface area contributed by atoms with Crippen molar-refractivity contribution in [1.82, 2.24) is 9.97 Å². The maximum atomic E-state index is 4.58. The van der Waals surface area contributed by atoms with Crippen molar-refractivity contribution in [2.24, 2.45) is 0 Å². The third kappa shape index (κ3) is 2.97. The monoisotopic (exact) mass is 298 g/mol. The summed E-state index contributed by atoms with van der Waals surface area (Å²) in [5.41, 5.74) is 1.04. The third-order valence-corrected chi connectivity index (χ3v) is 4.14. The lowest BCUT2D eigenvalue weighted by molar-refractivity contribution is 0.778. The number of anilines is 3. The molecule has 5 heteroatoms. The lowest BCUT2D eigenvalue weighted by atomic mass is 10.2. The van der Waals surface area contributed by atoms with Crippen LogP contribution in [0.4, 0.5) is 17.3 Å². The van der Waals surface area contributed by atoms with Crippen LogP contribution in [-0.2, 0) is 0 Å². The molecular weight excluding hydrogens is 280 g/mol. The molecule has 0 saturated carbocycles. The van der Waals surface area contributed by atoms with Crippen LogP contribution in [0.25, 0.3) is 10.1 Å². The van der Waals surface area contributed by atoms with Gasteiger partial charge in [-0.05, 0) is 35.0 Å². The SMILES string of the molecule is CNc1cc(Nc2ccc3sccc3c2)nc(C(C)C)n1. The molecule has 3 rings (SSSR count). The zero-order valence-corrected chi connectivity index (χ0v) is 13.2. The zero-order chi connectivity index (χ0) is 14.8. The number of hydrogen-bond donors (Lipinski definition) is 2. The van der Waals surface area contributed by atoms with Gasteiger partial charge in [0.25, 0.3) is 0 Å². The van der Waals surface area contributed by atoms with E-state index in [9.17, 15) is 0 Å². The molecular formula is C16H18N4S. The maximum Gasteiger partial charge on any atom is 0.136 e. The molecule has 0 radical (unpaired) electrons. The summed E-state index contributed by atoms with van der Waals surface area (Å²) in [7, 11) is 1.87. The van der Waals surface area contributed by atoms with Crippen LogP contribution in [0.15, 0.2) is 35.7 Å². The summed E-state index contributed by atoms with van der Waals surface area (Å²) in [5.74, 6) is 2.76. The topological polar surface area (TPSA) is 49.8 Å². The van der Waals surface area contributed by atoms with E-state index in [1.807, 2.05) is 13.1 Å². The van der Waals surface area contributed by atoms with Crippen LogP contribution in [0.3, 0.4) is 0 Å². The second-order valence-corrected chi connectivity index (χ2v) is 6.15. The van der Waals surface area contributed by atoms with Crippen LogP contribution in [0.2, 0.25) is 0 Å². The molecule has 2 aromatic heterocycles. The van der Waals surface area contributed by atoms with E-state index in [-0.39, 0.29) is 0 Å². The summed E-state index contributed by atoms with van der Waals surface area (Å²) in [4.78, 5) is 9.06.